The molecule has 1 atom stereocenters. The van der Waals surface area contributed by atoms with E-state index >= 15 is 0 Å². The second-order valence-electron chi connectivity index (χ2n) is 7.35. The Bertz CT molecular complexity index is 451. The summed E-state index contributed by atoms with van der Waals surface area (Å²) >= 11 is 0. The lowest BCUT2D eigenvalue weighted by Crippen LogP contribution is -1.89. The van der Waals surface area contributed by atoms with Gasteiger partial charge in [-0.2, -0.15) is 0 Å². The van der Waals surface area contributed by atoms with Crippen molar-refractivity contribution in [2.45, 2.75) is 90.9 Å². The molecule has 0 aromatic heterocycles. The van der Waals surface area contributed by atoms with Crippen molar-refractivity contribution in [3.05, 3.63) is 41.5 Å². The molecule has 1 aliphatic rings. The van der Waals surface area contributed by atoms with Gasteiger partial charge >= 0.3 is 0 Å². The highest BCUT2D eigenvalue weighted by molar-refractivity contribution is 5.67. The van der Waals surface area contributed by atoms with Crippen LogP contribution >= 0.6 is 0 Å². The lowest BCUT2D eigenvalue weighted by Gasteiger charge is -2.05. The minimum atomic E-state index is 0.841. The summed E-state index contributed by atoms with van der Waals surface area (Å²) in [5.41, 5.74) is 4.58. The first-order valence-electron chi connectivity index (χ1n) is 10.1. The Morgan fingerprint density at radius 2 is 1.52 bits per heavy atom. The van der Waals surface area contributed by atoms with Crippen molar-refractivity contribution < 1.29 is 0 Å². The molecule has 1 aliphatic carbocycles. The van der Waals surface area contributed by atoms with Gasteiger partial charge in [0, 0.05) is 0 Å². The van der Waals surface area contributed by atoms with Gasteiger partial charge in [0.25, 0.3) is 0 Å². The fourth-order valence-corrected chi connectivity index (χ4v) is 3.72. The van der Waals surface area contributed by atoms with Gasteiger partial charge in [-0.1, -0.05) is 89.1 Å². The zero-order chi connectivity index (χ0) is 16.3. The molecule has 0 saturated heterocycles. The number of aryl methyl sites for hydroxylation is 1. The van der Waals surface area contributed by atoms with E-state index in [-0.39, 0.29) is 0 Å². The molecule has 1 aromatic rings. The van der Waals surface area contributed by atoms with Crippen molar-refractivity contribution in [1.82, 2.24) is 0 Å². The number of rotatable bonds is 11. The Hall–Kier alpha value is -1.04. The molecule has 128 valence electrons. The maximum absolute atomic E-state index is 2.55. The van der Waals surface area contributed by atoms with Gasteiger partial charge in [0.2, 0.25) is 0 Å². The van der Waals surface area contributed by atoms with Gasteiger partial charge in [0.15, 0.2) is 0 Å². The quantitative estimate of drug-likeness (QED) is 0.369. The van der Waals surface area contributed by atoms with Crippen molar-refractivity contribution in [3.63, 3.8) is 0 Å². The van der Waals surface area contributed by atoms with Gasteiger partial charge in [0.1, 0.15) is 0 Å². The number of hydrogen-bond donors (Lipinski definition) is 0. The number of benzene rings is 1. The Kier molecular flexibility index (Phi) is 8.50. The van der Waals surface area contributed by atoms with Crippen molar-refractivity contribution in [2.75, 3.05) is 0 Å². The molecule has 0 amide bonds. The molecule has 0 heterocycles. The van der Waals surface area contributed by atoms with Crippen LogP contribution in [0.25, 0.3) is 5.57 Å². The van der Waals surface area contributed by atoms with E-state index in [0.717, 1.165) is 5.92 Å². The highest BCUT2D eigenvalue weighted by Crippen LogP contribution is 2.34. The predicted octanol–water partition coefficient (Wildman–Crippen LogP) is 7.57. The van der Waals surface area contributed by atoms with Crippen molar-refractivity contribution in [1.29, 1.82) is 0 Å². The molecule has 0 saturated carbocycles. The lowest BCUT2D eigenvalue weighted by atomic mass is 10.0. The summed E-state index contributed by atoms with van der Waals surface area (Å²) in [6.45, 7) is 4.58. The molecule has 0 spiro atoms. The maximum atomic E-state index is 2.55. The predicted molar refractivity (Wildman–Crippen MR) is 104 cm³/mol. The summed E-state index contributed by atoms with van der Waals surface area (Å²) in [5, 5.41) is 0. The van der Waals surface area contributed by atoms with E-state index in [1.807, 2.05) is 0 Å². The number of hydrogen-bond acceptors (Lipinski definition) is 0. The molecule has 0 fully saturated rings. The molecule has 1 aromatic carbocycles. The van der Waals surface area contributed by atoms with Crippen LogP contribution in [0.5, 0.6) is 0 Å². The molecule has 2 rings (SSSR count). The van der Waals surface area contributed by atoms with E-state index in [0.29, 0.717) is 0 Å². The van der Waals surface area contributed by atoms with Gasteiger partial charge in [-0.3, -0.25) is 0 Å². The zero-order valence-corrected chi connectivity index (χ0v) is 15.4. The third-order valence-corrected chi connectivity index (χ3v) is 5.29. The minimum Gasteiger partial charge on any atom is -0.0776 e. The standard InChI is InChI=1S/C23H36/c1-3-5-7-8-9-10-12-20-13-16-22(17-14-20)23-18-15-21(19-23)11-6-4-2/h13-14,16-17,19,21H,3-12,15,18H2,1-2H3. The summed E-state index contributed by atoms with van der Waals surface area (Å²) in [6, 6.07) is 9.45. The SMILES string of the molecule is CCCCCCCCc1ccc(C2=CC(CCCC)CC2)cc1. The highest BCUT2D eigenvalue weighted by atomic mass is 14.2. The second kappa shape index (κ2) is 10.7. The zero-order valence-electron chi connectivity index (χ0n) is 15.4. The van der Waals surface area contributed by atoms with Crippen LogP contribution < -0.4 is 0 Å². The first-order valence-corrected chi connectivity index (χ1v) is 10.1. The molecule has 1 unspecified atom stereocenters. The molecule has 0 bridgehead atoms. The van der Waals surface area contributed by atoms with Crippen LogP contribution in [-0.2, 0) is 6.42 Å². The first-order chi connectivity index (χ1) is 11.3. The molecule has 0 radical (unpaired) electrons. The third-order valence-electron chi connectivity index (χ3n) is 5.29. The summed E-state index contributed by atoms with van der Waals surface area (Å²) in [5.74, 6) is 0.841. The topological polar surface area (TPSA) is 0 Å². The number of allylic oxidation sites excluding steroid dienone is 2. The van der Waals surface area contributed by atoms with E-state index in [1.165, 1.54) is 88.2 Å². The Balaban J connectivity index is 1.74. The Labute approximate surface area is 144 Å². The molecule has 0 N–H and O–H groups in total. The Morgan fingerprint density at radius 1 is 0.826 bits per heavy atom. The van der Waals surface area contributed by atoms with E-state index in [4.69, 9.17) is 0 Å². The molecular weight excluding hydrogens is 276 g/mol. The van der Waals surface area contributed by atoms with Gasteiger partial charge < -0.3 is 0 Å². The van der Waals surface area contributed by atoms with Gasteiger partial charge in [-0.25, -0.2) is 0 Å². The maximum Gasteiger partial charge on any atom is -0.0224 e. The van der Waals surface area contributed by atoms with E-state index in [2.05, 4.69) is 44.2 Å². The monoisotopic (exact) mass is 312 g/mol. The summed E-state index contributed by atoms with van der Waals surface area (Å²) in [6.07, 6.45) is 18.9. The molecule has 0 nitrogen and oxygen atoms in total. The van der Waals surface area contributed by atoms with Crippen LogP contribution in [0.4, 0.5) is 0 Å². The lowest BCUT2D eigenvalue weighted by molar-refractivity contribution is 0.546. The van der Waals surface area contributed by atoms with Gasteiger partial charge in [-0.05, 0) is 54.7 Å². The highest BCUT2D eigenvalue weighted by Gasteiger charge is 2.16. The third kappa shape index (κ3) is 6.53. The summed E-state index contributed by atoms with van der Waals surface area (Å²) in [4.78, 5) is 0. The van der Waals surface area contributed by atoms with Gasteiger partial charge in [0.05, 0.1) is 0 Å². The molecule has 0 heteroatoms. The molecule has 0 aliphatic heterocycles. The molecule has 23 heavy (non-hydrogen) atoms. The molecular formula is C23H36. The van der Waals surface area contributed by atoms with Gasteiger partial charge in [-0.15, -0.1) is 0 Å². The van der Waals surface area contributed by atoms with Crippen LogP contribution in [0.1, 0.15) is 95.6 Å². The summed E-state index contributed by atoms with van der Waals surface area (Å²) in [7, 11) is 0. The number of unbranched alkanes of at least 4 members (excludes halogenated alkanes) is 6. The second-order valence-corrected chi connectivity index (χ2v) is 7.35. The van der Waals surface area contributed by atoms with E-state index in [9.17, 15) is 0 Å². The fourth-order valence-electron chi connectivity index (χ4n) is 3.72. The summed E-state index contributed by atoms with van der Waals surface area (Å²) < 4.78 is 0. The van der Waals surface area contributed by atoms with Crippen LogP contribution in [0.2, 0.25) is 0 Å². The van der Waals surface area contributed by atoms with E-state index < -0.39 is 0 Å². The minimum absolute atomic E-state index is 0.841. The smallest absolute Gasteiger partial charge is 0.0224 e. The van der Waals surface area contributed by atoms with Crippen LogP contribution in [-0.4, -0.2) is 0 Å². The van der Waals surface area contributed by atoms with E-state index in [1.54, 1.807) is 5.57 Å². The Morgan fingerprint density at radius 3 is 2.26 bits per heavy atom. The fraction of sp³-hybridized carbons (Fsp3) is 0.652. The van der Waals surface area contributed by atoms with Crippen LogP contribution in [0.15, 0.2) is 30.3 Å². The average Bonchev–Trinajstić information content (AvgIpc) is 3.05. The van der Waals surface area contributed by atoms with Crippen molar-refractivity contribution in [3.8, 4) is 0 Å². The first kappa shape index (κ1) is 18.3. The average molecular weight is 313 g/mol. The van der Waals surface area contributed by atoms with Crippen LogP contribution in [0.3, 0.4) is 0 Å². The van der Waals surface area contributed by atoms with Crippen molar-refractivity contribution >= 4 is 5.57 Å². The van der Waals surface area contributed by atoms with Crippen molar-refractivity contribution in [2.24, 2.45) is 5.92 Å². The largest absolute Gasteiger partial charge is 0.0776 e. The van der Waals surface area contributed by atoms with Crippen LogP contribution in [0, 0.1) is 5.92 Å². The normalized spacial score (nSPS) is 17.5.